The summed E-state index contributed by atoms with van der Waals surface area (Å²) in [6.07, 6.45) is 0.717. The van der Waals surface area contributed by atoms with Crippen molar-refractivity contribution < 1.29 is 14.3 Å². The molecular weight excluding hydrogens is 346 g/mol. The molecule has 4 nitrogen and oxygen atoms in total. The molecule has 0 aliphatic carbocycles. The van der Waals surface area contributed by atoms with E-state index in [2.05, 4.69) is 15.9 Å². The van der Waals surface area contributed by atoms with Gasteiger partial charge in [-0.1, -0.05) is 28.1 Å². The molecule has 120 valence electrons. The maximum Gasteiger partial charge on any atom is 0.410 e. The summed E-state index contributed by atoms with van der Waals surface area (Å²) in [6.45, 7) is 6.42. The van der Waals surface area contributed by atoms with Crippen molar-refractivity contribution >= 4 is 27.8 Å². The van der Waals surface area contributed by atoms with E-state index in [1.807, 2.05) is 45.0 Å². The molecule has 1 aliphatic rings. The first-order valence-electron chi connectivity index (χ1n) is 7.50. The molecule has 0 spiro atoms. The molecule has 1 atom stereocenters. The quantitative estimate of drug-likeness (QED) is 0.797. The smallest absolute Gasteiger partial charge is 0.410 e. The highest BCUT2D eigenvalue weighted by molar-refractivity contribution is 9.10. The van der Waals surface area contributed by atoms with Gasteiger partial charge >= 0.3 is 6.09 Å². The number of carbonyl (C=O) groups excluding carboxylic acids is 2. The van der Waals surface area contributed by atoms with Crippen LogP contribution < -0.4 is 0 Å². The van der Waals surface area contributed by atoms with Crippen LogP contribution in [-0.4, -0.2) is 35.5 Å². The third kappa shape index (κ3) is 4.83. The van der Waals surface area contributed by atoms with Crippen molar-refractivity contribution in [3.8, 4) is 0 Å². The molecule has 1 aromatic carbocycles. The second kappa shape index (κ2) is 6.82. The number of likely N-dealkylation sites (tertiary alicyclic amines) is 1. The number of hydrogen-bond donors (Lipinski definition) is 0. The summed E-state index contributed by atoms with van der Waals surface area (Å²) >= 11 is 3.44. The molecule has 0 N–H and O–H groups in total. The molecule has 1 aromatic rings. The number of halogens is 1. The minimum Gasteiger partial charge on any atom is -0.444 e. The molecule has 1 saturated heterocycles. The second-order valence-electron chi connectivity index (χ2n) is 6.67. The number of amides is 1. The highest BCUT2D eigenvalue weighted by Gasteiger charge is 2.32. The van der Waals surface area contributed by atoms with Crippen LogP contribution in [0.1, 0.15) is 32.8 Å². The molecule has 0 unspecified atom stereocenters. The van der Waals surface area contributed by atoms with E-state index in [0.717, 1.165) is 10.0 Å². The highest BCUT2D eigenvalue weighted by Crippen LogP contribution is 2.22. The van der Waals surface area contributed by atoms with E-state index in [0.29, 0.717) is 25.9 Å². The topological polar surface area (TPSA) is 46.6 Å². The van der Waals surface area contributed by atoms with Gasteiger partial charge in [-0.15, -0.1) is 0 Å². The molecule has 5 heteroatoms. The van der Waals surface area contributed by atoms with Crippen molar-refractivity contribution in [3.63, 3.8) is 0 Å². The summed E-state index contributed by atoms with van der Waals surface area (Å²) in [4.78, 5) is 26.0. The van der Waals surface area contributed by atoms with Gasteiger partial charge in [-0.2, -0.15) is 0 Å². The summed E-state index contributed by atoms with van der Waals surface area (Å²) < 4.78 is 6.40. The fraction of sp³-hybridized carbons (Fsp3) is 0.529. The Bertz CT molecular complexity index is 565. The lowest BCUT2D eigenvalue weighted by molar-refractivity contribution is -0.125. The Labute approximate surface area is 140 Å². The fourth-order valence-electron chi connectivity index (χ4n) is 2.53. The van der Waals surface area contributed by atoms with Crippen LogP contribution in [0.5, 0.6) is 0 Å². The Morgan fingerprint density at radius 2 is 2.14 bits per heavy atom. The van der Waals surface area contributed by atoms with E-state index in [-0.39, 0.29) is 17.8 Å². The van der Waals surface area contributed by atoms with Crippen molar-refractivity contribution in [2.45, 2.75) is 39.2 Å². The predicted molar refractivity (Wildman–Crippen MR) is 88.8 cm³/mol. The van der Waals surface area contributed by atoms with E-state index in [1.165, 1.54) is 0 Å². The summed E-state index contributed by atoms with van der Waals surface area (Å²) in [5, 5.41) is 0. The van der Waals surface area contributed by atoms with Crippen molar-refractivity contribution in [1.82, 2.24) is 4.90 Å². The van der Waals surface area contributed by atoms with E-state index < -0.39 is 5.60 Å². The van der Waals surface area contributed by atoms with E-state index >= 15 is 0 Å². The van der Waals surface area contributed by atoms with E-state index in [9.17, 15) is 9.59 Å². The van der Waals surface area contributed by atoms with Gasteiger partial charge in [-0.25, -0.2) is 4.79 Å². The highest BCUT2D eigenvalue weighted by atomic mass is 79.9. The predicted octanol–water partition coefficient (Wildman–Crippen LogP) is 3.82. The number of ketones is 1. The first-order valence-corrected chi connectivity index (χ1v) is 8.29. The van der Waals surface area contributed by atoms with Crippen LogP contribution in [0.15, 0.2) is 28.7 Å². The Morgan fingerprint density at radius 1 is 1.41 bits per heavy atom. The molecule has 1 fully saturated rings. The van der Waals surface area contributed by atoms with Crippen LogP contribution in [-0.2, 0) is 16.0 Å². The zero-order chi connectivity index (χ0) is 16.3. The third-order valence-electron chi connectivity index (χ3n) is 3.55. The van der Waals surface area contributed by atoms with Crippen LogP contribution in [0.2, 0.25) is 0 Å². The van der Waals surface area contributed by atoms with E-state index in [4.69, 9.17) is 4.74 Å². The first-order chi connectivity index (χ1) is 10.2. The lowest BCUT2D eigenvalue weighted by Crippen LogP contribution is -2.46. The minimum absolute atomic E-state index is 0.157. The Hall–Kier alpha value is -1.36. The van der Waals surface area contributed by atoms with Gasteiger partial charge in [0.05, 0.1) is 0 Å². The number of Topliss-reactive ketones (excluding diaryl/α,β-unsaturated/α-hetero) is 1. The average molecular weight is 368 g/mol. The average Bonchev–Trinajstić information content (AvgIpc) is 2.39. The van der Waals surface area contributed by atoms with Crippen molar-refractivity contribution in [1.29, 1.82) is 0 Å². The second-order valence-corrected chi connectivity index (χ2v) is 7.59. The lowest BCUT2D eigenvalue weighted by atomic mass is 9.90. The van der Waals surface area contributed by atoms with Crippen LogP contribution in [0, 0.1) is 5.92 Å². The maximum atomic E-state index is 12.2. The van der Waals surface area contributed by atoms with Crippen molar-refractivity contribution in [2.24, 2.45) is 5.92 Å². The summed E-state index contributed by atoms with van der Waals surface area (Å²) in [7, 11) is 0. The van der Waals surface area contributed by atoms with Gasteiger partial charge in [-0.05, 0) is 44.9 Å². The zero-order valence-corrected chi connectivity index (χ0v) is 14.9. The van der Waals surface area contributed by atoms with Gasteiger partial charge in [0.25, 0.3) is 0 Å². The van der Waals surface area contributed by atoms with Gasteiger partial charge in [0.15, 0.2) is 0 Å². The summed E-state index contributed by atoms with van der Waals surface area (Å²) in [5.74, 6) is 0.0651. The van der Waals surface area contributed by atoms with Crippen LogP contribution in [0.4, 0.5) is 4.79 Å². The number of piperidine rings is 1. The molecule has 0 bridgehead atoms. The number of nitrogens with zero attached hydrogens (tertiary/aromatic N) is 1. The standard InChI is InChI=1S/C17H22BrNO3/c1-17(2,3)22-16(21)19-8-7-15(20)13(11-19)9-12-5-4-6-14(18)10-12/h4-6,10,13H,7-9,11H2,1-3H3/t13-/m1/s1. The molecule has 1 aliphatic heterocycles. The molecule has 1 amide bonds. The van der Waals surface area contributed by atoms with Crippen molar-refractivity contribution in [2.75, 3.05) is 13.1 Å². The number of rotatable bonds is 2. The van der Waals surface area contributed by atoms with Crippen LogP contribution in [0.3, 0.4) is 0 Å². The summed E-state index contributed by atoms with van der Waals surface area (Å²) in [5.41, 5.74) is 0.581. The minimum atomic E-state index is -0.516. The van der Waals surface area contributed by atoms with Gasteiger partial charge in [0, 0.05) is 29.9 Å². The maximum absolute atomic E-state index is 12.2. The Morgan fingerprint density at radius 3 is 2.77 bits per heavy atom. The third-order valence-corrected chi connectivity index (χ3v) is 4.04. The summed E-state index contributed by atoms with van der Waals surface area (Å²) in [6, 6.07) is 7.93. The van der Waals surface area contributed by atoms with Gasteiger partial charge in [0.2, 0.25) is 0 Å². The molecule has 1 heterocycles. The Kier molecular flexibility index (Phi) is 5.27. The molecule has 2 rings (SSSR count). The number of ether oxygens (including phenoxy) is 1. The van der Waals surface area contributed by atoms with Gasteiger partial charge in [-0.3, -0.25) is 4.79 Å². The lowest BCUT2D eigenvalue weighted by Gasteiger charge is -2.33. The zero-order valence-electron chi connectivity index (χ0n) is 13.3. The molecular formula is C17H22BrNO3. The largest absolute Gasteiger partial charge is 0.444 e. The number of hydrogen-bond acceptors (Lipinski definition) is 3. The van der Waals surface area contributed by atoms with Crippen LogP contribution >= 0.6 is 15.9 Å². The molecule has 0 aromatic heterocycles. The van der Waals surface area contributed by atoms with Crippen LogP contribution in [0.25, 0.3) is 0 Å². The van der Waals surface area contributed by atoms with Gasteiger partial charge in [0.1, 0.15) is 11.4 Å². The fourth-order valence-corrected chi connectivity index (χ4v) is 2.97. The van der Waals surface area contributed by atoms with E-state index in [1.54, 1.807) is 4.90 Å². The Balaban J connectivity index is 2.02. The van der Waals surface area contributed by atoms with Crippen molar-refractivity contribution in [3.05, 3.63) is 34.3 Å². The van der Waals surface area contributed by atoms with Gasteiger partial charge < -0.3 is 9.64 Å². The SMILES string of the molecule is CC(C)(C)OC(=O)N1CCC(=O)[C@H](Cc2cccc(Br)c2)C1. The molecule has 22 heavy (non-hydrogen) atoms. The normalized spacial score (nSPS) is 19.2. The number of carbonyl (C=O) groups is 2. The number of benzene rings is 1. The monoisotopic (exact) mass is 367 g/mol. The molecule has 0 radical (unpaired) electrons. The molecule has 0 saturated carbocycles. The first kappa shape index (κ1) is 17.0.